The minimum absolute atomic E-state index is 0.344. The Morgan fingerprint density at radius 2 is 1.50 bits per heavy atom. The molecule has 0 saturated carbocycles. The van der Waals surface area contributed by atoms with Gasteiger partial charge in [-0.15, -0.1) is 0 Å². The topological polar surface area (TPSA) is 15.3 Å². The van der Waals surface area contributed by atoms with E-state index in [1.165, 1.54) is 11.1 Å². The molecule has 18 heavy (non-hydrogen) atoms. The molecule has 0 amide bonds. The minimum atomic E-state index is 0.344. The lowest BCUT2D eigenvalue weighted by atomic mass is 10.1. The molecule has 0 bridgehead atoms. The highest BCUT2D eigenvalue weighted by atomic mass is 15.5. The van der Waals surface area contributed by atoms with Crippen LogP contribution in [-0.4, -0.2) is 12.1 Å². The fourth-order valence-corrected chi connectivity index (χ4v) is 2.10. The summed E-state index contributed by atoms with van der Waals surface area (Å²) >= 11 is 0. The normalized spacial score (nSPS) is 12.6. The second kappa shape index (κ2) is 6.34. The molecule has 2 rings (SSSR count). The molecule has 2 heteroatoms. The molecule has 0 aliphatic carbocycles. The molecule has 1 N–H and O–H groups in total. The fraction of sp³-hybridized carbons (Fsp3) is 0.250. The third-order valence-electron chi connectivity index (χ3n) is 3.23. The lowest BCUT2D eigenvalue weighted by Gasteiger charge is -2.28. The highest BCUT2D eigenvalue weighted by molar-refractivity contribution is 5.19. The molecule has 0 fully saturated rings. The summed E-state index contributed by atoms with van der Waals surface area (Å²) in [7, 11) is 1.97. The van der Waals surface area contributed by atoms with Gasteiger partial charge in [0.2, 0.25) is 0 Å². The van der Waals surface area contributed by atoms with Gasteiger partial charge in [0.25, 0.3) is 0 Å². The van der Waals surface area contributed by atoms with Crippen LogP contribution < -0.4 is 5.43 Å². The van der Waals surface area contributed by atoms with Crippen molar-refractivity contribution in [2.45, 2.75) is 19.5 Å². The Morgan fingerprint density at radius 3 is 2.06 bits per heavy atom. The molecule has 0 aliphatic heterocycles. The summed E-state index contributed by atoms with van der Waals surface area (Å²) in [6, 6.07) is 21.4. The number of rotatable bonds is 5. The van der Waals surface area contributed by atoms with Crippen molar-refractivity contribution in [2.75, 3.05) is 7.05 Å². The monoisotopic (exact) mass is 240 g/mol. The number of hydrogen-bond donors (Lipinski definition) is 1. The number of hydrazine groups is 1. The molecule has 0 heterocycles. The van der Waals surface area contributed by atoms with Gasteiger partial charge in [0, 0.05) is 12.6 Å². The van der Waals surface area contributed by atoms with Crippen LogP contribution in [0.25, 0.3) is 0 Å². The lowest BCUT2D eigenvalue weighted by molar-refractivity contribution is 0.140. The summed E-state index contributed by atoms with van der Waals surface area (Å²) in [4.78, 5) is 0. The van der Waals surface area contributed by atoms with Crippen LogP contribution in [0, 0.1) is 0 Å². The van der Waals surface area contributed by atoms with Crippen molar-refractivity contribution in [1.82, 2.24) is 10.4 Å². The molecule has 94 valence electrons. The van der Waals surface area contributed by atoms with Gasteiger partial charge in [-0.1, -0.05) is 60.7 Å². The summed E-state index contributed by atoms with van der Waals surface area (Å²) < 4.78 is 0. The third-order valence-corrected chi connectivity index (χ3v) is 3.23. The van der Waals surface area contributed by atoms with Crippen LogP contribution in [-0.2, 0) is 6.54 Å². The highest BCUT2D eigenvalue weighted by Crippen LogP contribution is 2.19. The molecule has 2 aromatic rings. The Labute approximate surface area is 109 Å². The number of benzene rings is 2. The summed E-state index contributed by atoms with van der Waals surface area (Å²) in [6.45, 7) is 3.11. The predicted molar refractivity (Wildman–Crippen MR) is 75.9 cm³/mol. The zero-order valence-electron chi connectivity index (χ0n) is 11.0. The molecular weight excluding hydrogens is 220 g/mol. The molecule has 0 aliphatic rings. The number of nitrogens with zero attached hydrogens (tertiary/aromatic N) is 1. The first-order valence-electron chi connectivity index (χ1n) is 6.34. The first kappa shape index (κ1) is 12.8. The van der Waals surface area contributed by atoms with Gasteiger partial charge in [-0.3, -0.25) is 5.43 Å². The Morgan fingerprint density at radius 1 is 0.944 bits per heavy atom. The molecule has 0 spiro atoms. The zero-order valence-corrected chi connectivity index (χ0v) is 11.0. The quantitative estimate of drug-likeness (QED) is 0.806. The first-order valence-corrected chi connectivity index (χ1v) is 6.34. The van der Waals surface area contributed by atoms with Gasteiger partial charge in [0.05, 0.1) is 0 Å². The molecule has 1 atom stereocenters. The molecule has 2 nitrogen and oxygen atoms in total. The Hall–Kier alpha value is -1.64. The molecule has 0 saturated heterocycles. The van der Waals surface area contributed by atoms with Crippen LogP contribution in [0.15, 0.2) is 60.7 Å². The zero-order chi connectivity index (χ0) is 12.8. The van der Waals surface area contributed by atoms with Crippen LogP contribution in [0.5, 0.6) is 0 Å². The number of nitrogens with one attached hydrogen (secondary N) is 1. The molecule has 1 unspecified atom stereocenters. The van der Waals surface area contributed by atoms with Gasteiger partial charge < -0.3 is 0 Å². The van der Waals surface area contributed by atoms with E-state index < -0.39 is 0 Å². The maximum absolute atomic E-state index is 3.28. The standard InChI is InChI=1S/C16H20N2/c1-14(16-11-7-4-8-12-16)18(17-2)13-15-9-5-3-6-10-15/h3-12,14,17H,13H2,1-2H3. The molecule has 2 aromatic carbocycles. The molecular formula is C16H20N2. The Kier molecular flexibility index (Phi) is 4.51. The van der Waals surface area contributed by atoms with Gasteiger partial charge in [-0.25, -0.2) is 5.01 Å². The van der Waals surface area contributed by atoms with E-state index >= 15 is 0 Å². The fourth-order valence-electron chi connectivity index (χ4n) is 2.10. The van der Waals surface area contributed by atoms with Crippen molar-refractivity contribution >= 4 is 0 Å². The van der Waals surface area contributed by atoms with Crippen molar-refractivity contribution in [3.05, 3.63) is 71.8 Å². The van der Waals surface area contributed by atoms with E-state index in [2.05, 4.69) is 72.0 Å². The van der Waals surface area contributed by atoms with Crippen LogP contribution >= 0.6 is 0 Å². The van der Waals surface area contributed by atoms with Crippen molar-refractivity contribution in [1.29, 1.82) is 0 Å². The van der Waals surface area contributed by atoms with Crippen molar-refractivity contribution in [3.63, 3.8) is 0 Å². The van der Waals surface area contributed by atoms with Gasteiger partial charge in [-0.05, 0) is 25.1 Å². The number of hydrogen-bond acceptors (Lipinski definition) is 2. The van der Waals surface area contributed by atoms with Crippen molar-refractivity contribution in [2.24, 2.45) is 0 Å². The Balaban J connectivity index is 2.09. The minimum Gasteiger partial charge on any atom is -0.257 e. The maximum Gasteiger partial charge on any atom is 0.0468 e. The smallest absolute Gasteiger partial charge is 0.0468 e. The van der Waals surface area contributed by atoms with E-state index in [0.717, 1.165) is 6.54 Å². The second-order valence-electron chi connectivity index (χ2n) is 4.42. The van der Waals surface area contributed by atoms with E-state index in [1.807, 2.05) is 13.1 Å². The van der Waals surface area contributed by atoms with Gasteiger partial charge in [0.15, 0.2) is 0 Å². The summed E-state index contributed by atoms with van der Waals surface area (Å²) in [5, 5.41) is 2.24. The van der Waals surface area contributed by atoms with E-state index in [1.54, 1.807) is 0 Å². The summed E-state index contributed by atoms with van der Waals surface area (Å²) in [5.74, 6) is 0. The van der Waals surface area contributed by atoms with E-state index in [-0.39, 0.29) is 0 Å². The molecule has 0 radical (unpaired) electrons. The van der Waals surface area contributed by atoms with E-state index in [4.69, 9.17) is 0 Å². The molecule has 0 aromatic heterocycles. The van der Waals surface area contributed by atoms with Crippen LogP contribution in [0.4, 0.5) is 0 Å². The van der Waals surface area contributed by atoms with Gasteiger partial charge >= 0.3 is 0 Å². The highest BCUT2D eigenvalue weighted by Gasteiger charge is 2.13. The van der Waals surface area contributed by atoms with Crippen LogP contribution in [0.3, 0.4) is 0 Å². The van der Waals surface area contributed by atoms with Gasteiger partial charge in [-0.2, -0.15) is 0 Å². The maximum atomic E-state index is 3.28. The van der Waals surface area contributed by atoms with Crippen molar-refractivity contribution in [3.8, 4) is 0 Å². The summed E-state index contributed by atoms with van der Waals surface area (Å²) in [5.41, 5.74) is 5.92. The van der Waals surface area contributed by atoms with Gasteiger partial charge in [0.1, 0.15) is 0 Å². The second-order valence-corrected chi connectivity index (χ2v) is 4.42. The first-order chi connectivity index (χ1) is 8.81. The summed E-state index contributed by atoms with van der Waals surface area (Å²) in [6.07, 6.45) is 0. The van der Waals surface area contributed by atoms with Crippen LogP contribution in [0.1, 0.15) is 24.1 Å². The van der Waals surface area contributed by atoms with Crippen molar-refractivity contribution < 1.29 is 0 Å². The largest absolute Gasteiger partial charge is 0.257 e. The predicted octanol–water partition coefficient (Wildman–Crippen LogP) is 3.38. The Bertz CT molecular complexity index is 453. The van der Waals surface area contributed by atoms with E-state index in [0.29, 0.717) is 6.04 Å². The van der Waals surface area contributed by atoms with Crippen LogP contribution in [0.2, 0.25) is 0 Å². The van der Waals surface area contributed by atoms with E-state index in [9.17, 15) is 0 Å². The average molecular weight is 240 g/mol. The third kappa shape index (κ3) is 3.19. The lowest BCUT2D eigenvalue weighted by Crippen LogP contribution is -2.36. The SMILES string of the molecule is CNN(Cc1ccccc1)C(C)c1ccccc1. The average Bonchev–Trinajstić information content (AvgIpc) is 2.46.